The summed E-state index contributed by atoms with van der Waals surface area (Å²) in [4.78, 5) is 16.5. The van der Waals surface area contributed by atoms with E-state index >= 15 is 0 Å². The highest BCUT2D eigenvalue weighted by molar-refractivity contribution is 5.73. The summed E-state index contributed by atoms with van der Waals surface area (Å²) in [6.45, 7) is 23.0. The number of hydrazine groups is 1. The van der Waals surface area contributed by atoms with Gasteiger partial charge in [-0.1, -0.05) is 36.4 Å². The number of rotatable bonds is 8. The fourth-order valence-corrected chi connectivity index (χ4v) is 4.34. The highest BCUT2D eigenvalue weighted by Gasteiger charge is 2.37. The van der Waals surface area contributed by atoms with Crippen LogP contribution in [0.4, 0.5) is 5.69 Å². The maximum atomic E-state index is 11.6. The first-order valence-corrected chi connectivity index (χ1v) is 12.8. The average molecular weight is 482 g/mol. The number of hydrogen-bond donors (Lipinski definition) is 2. The molecule has 0 bridgehead atoms. The molecule has 2 heterocycles. The Kier molecular flexibility index (Phi) is 10.6. The SMILES string of the molecule is C/C=C\C.C=CC(C)(C)N1CC(C)=C(CN2CCC(C)(N(CNC(C)=O)c3ccccc3)CC2)N1. The minimum Gasteiger partial charge on any atom is -0.348 e. The quantitative estimate of drug-likeness (QED) is 0.400. The molecule has 2 N–H and O–H groups in total. The largest absolute Gasteiger partial charge is 0.348 e. The fourth-order valence-electron chi connectivity index (χ4n) is 4.34. The van der Waals surface area contributed by atoms with Gasteiger partial charge in [-0.05, 0) is 72.1 Å². The molecule has 194 valence electrons. The van der Waals surface area contributed by atoms with E-state index in [4.69, 9.17) is 0 Å². The number of likely N-dealkylation sites (tertiary alicyclic amines) is 1. The van der Waals surface area contributed by atoms with Gasteiger partial charge in [0, 0.05) is 50.0 Å². The van der Waals surface area contributed by atoms with E-state index in [0.29, 0.717) is 6.67 Å². The highest BCUT2D eigenvalue weighted by Crippen LogP contribution is 2.33. The van der Waals surface area contributed by atoms with Crippen molar-refractivity contribution < 1.29 is 4.79 Å². The number of nitrogens with zero attached hydrogens (tertiary/aromatic N) is 3. The summed E-state index contributed by atoms with van der Waals surface area (Å²) in [5.41, 5.74) is 7.42. The zero-order chi connectivity index (χ0) is 26.1. The number of amides is 1. The molecule has 1 fully saturated rings. The number of nitrogens with one attached hydrogen (secondary N) is 2. The normalized spacial score (nSPS) is 18.6. The molecule has 0 radical (unpaired) electrons. The molecule has 2 aliphatic heterocycles. The molecular formula is C29H47N5O. The van der Waals surface area contributed by atoms with Gasteiger partial charge in [0.1, 0.15) is 0 Å². The molecular weight excluding hydrogens is 434 g/mol. The average Bonchev–Trinajstić information content (AvgIpc) is 3.22. The number of carbonyl (C=O) groups is 1. The molecule has 0 unspecified atom stereocenters. The lowest BCUT2D eigenvalue weighted by Crippen LogP contribution is -2.57. The van der Waals surface area contributed by atoms with Crippen LogP contribution in [0.25, 0.3) is 0 Å². The van der Waals surface area contributed by atoms with Crippen LogP contribution < -0.4 is 15.6 Å². The molecule has 2 aliphatic rings. The lowest BCUT2D eigenvalue weighted by Gasteiger charge is -2.48. The molecule has 1 aromatic rings. The van der Waals surface area contributed by atoms with Crippen LogP contribution >= 0.6 is 0 Å². The van der Waals surface area contributed by atoms with Crippen LogP contribution in [-0.2, 0) is 4.79 Å². The zero-order valence-corrected chi connectivity index (χ0v) is 23.0. The molecule has 35 heavy (non-hydrogen) atoms. The summed E-state index contributed by atoms with van der Waals surface area (Å²) in [7, 11) is 0. The van der Waals surface area contributed by atoms with E-state index in [9.17, 15) is 4.79 Å². The number of allylic oxidation sites excluding steroid dienone is 2. The summed E-state index contributed by atoms with van der Waals surface area (Å²) in [6.07, 6.45) is 8.10. The Morgan fingerprint density at radius 3 is 2.31 bits per heavy atom. The predicted molar refractivity (Wildman–Crippen MR) is 149 cm³/mol. The maximum absolute atomic E-state index is 11.6. The smallest absolute Gasteiger partial charge is 0.218 e. The van der Waals surface area contributed by atoms with Gasteiger partial charge < -0.3 is 15.6 Å². The molecule has 0 aromatic heterocycles. The van der Waals surface area contributed by atoms with Crippen molar-refractivity contribution in [3.63, 3.8) is 0 Å². The van der Waals surface area contributed by atoms with Crippen LogP contribution in [0.2, 0.25) is 0 Å². The molecule has 0 spiro atoms. The minimum atomic E-state index is -0.0800. The van der Waals surface area contributed by atoms with Crippen LogP contribution in [0.5, 0.6) is 0 Å². The molecule has 1 amide bonds. The molecule has 0 aliphatic carbocycles. The molecule has 0 saturated carbocycles. The first-order chi connectivity index (χ1) is 16.6. The van der Waals surface area contributed by atoms with Gasteiger partial charge in [-0.2, -0.15) is 0 Å². The van der Waals surface area contributed by atoms with Crippen molar-refractivity contribution in [2.75, 3.05) is 37.7 Å². The molecule has 6 nitrogen and oxygen atoms in total. The second-order valence-corrected chi connectivity index (χ2v) is 10.4. The Morgan fingerprint density at radius 2 is 1.80 bits per heavy atom. The first kappa shape index (κ1) is 28.7. The monoisotopic (exact) mass is 481 g/mol. The van der Waals surface area contributed by atoms with Crippen molar-refractivity contribution >= 4 is 11.6 Å². The van der Waals surface area contributed by atoms with Crippen molar-refractivity contribution in [2.45, 2.75) is 72.4 Å². The second-order valence-electron chi connectivity index (χ2n) is 10.4. The Hall–Kier alpha value is -2.57. The number of anilines is 1. The maximum Gasteiger partial charge on any atom is 0.218 e. The van der Waals surface area contributed by atoms with Crippen LogP contribution in [0.3, 0.4) is 0 Å². The summed E-state index contributed by atoms with van der Waals surface area (Å²) >= 11 is 0. The van der Waals surface area contributed by atoms with Crippen LogP contribution in [-0.4, -0.2) is 59.7 Å². The number of hydrogen-bond acceptors (Lipinski definition) is 5. The second kappa shape index (κ2) is 12.9. The van der Waals surface area contributed by atoms with Crippen LogP contribution in [0, 0.1) is 0 Å². The molecule has 1 saturated heterocycles. The van der Waals surface area contributed by atoms with E-state index in [1.54, 1.807) is 6.92 Å². The van der Waals surface area contributed by atoms with Crippen molar-refractivity contribution in [1.82, 2.24) is 20.7 Å². The third-order valence-corrected chi connectivity index (χ3v) is 7.23. The van der Waals surface area contributed by atoms with E-state index in [0.717, 1.165) is 44.7 Å². The standard InChI is InChI=1S/C25H39N5O.C4H8/c1-7-24(4,5)30-17-20(2)23(27-30)18-28-15-13-25(6,14-16-28)29(19-26-21(3)31)22-11-9-8-10-12-22;1-3-4-2/h7-12,27H,1,13-19H2,2-6H3,(H,26,31);3-4H,1-2H3/b;4-3-. The summed E-state index contributed by atoms with van der Waals surface area (Å²) in [5.74, 6) is 0.00342. The van der Waals surface area contributed by atoms with Crippen molar-refractivity contribution in [3.8, 4) is 0 Å². The molecule has 0 atom stereocenters. The summed E-state index contributed by atoms with van der Waals surface area (Å²) in [5, 5.41) is 5.28. The van der Waals surface area contributed by atoms with Gasteiger partial charge in [-0.15, -0.1) is 6.58 Å². The van der Waals surface area contributed by atoms with Gasteiger partial charge in [0.2, 0.25) is 5.91 Å². The third-order valence-electron chi connectivity index (χ3n) is 7.23. The van der Waals surface area contributed by atoms with Crippen molar-refractivity contribution in [2.24, 2.45) is 0 Å². The summed E-state index contributed by atoms with van der Waals surface area (Å²) in [6, 6.07) is 10.4. The topological polar surface area (TPSA) is 50.9 Å². The molecule has 6 heteroatoms. The zero-order valence-electron chi connectivity index (χ0n) is 23.0. The summed E-state index contributed by atoms with van der Waals surface area (Å²) < 4.78 is 0. The molecule has 1 aromatic carbocycles. The lowest BCUT2D eigenvalue weighted by molar-refractivity contribution is -0.119. The number of para-hydroxylation sites is 1. The van der Waals surface area contributed by atoms with Crippen molar-refractivity contribution in [1.29, 1.82) is 0 Å². The Bertz CT molecular complexity index is 878. The van der Waals surface area contributed by atoms with Crippen LogP contribution in [0.15, 0.2) is 66.4 Å². The van der Waals surface area contributed by atoms with Gasteiger partial charge >= 0.3 is 0 Å². The highest BCUT2D eigenvalue weighted by atomic mass is 16.1. The van der Waals surface area contributed by atoms with E-state index in [1.807, 2.05) is 38.1 Å². The Morgan fingerprint density at radius 1 is 1.20 bits per heavy atom. The van der Waals surface area contributed by atoms with Gasteiger partial charge in [-0.3, -0.25) is 9.69 Å². The van der Waals surface area contributed by atoms with Crippen molar-refractivity contribution in [3.05, 3.63) is 66.4 Å². The number of piperidine rings is 1. The fraction of sp³-hybridized carbons (Fsp3) is 0.552. The van der Waals surface area contributed by atoms with E-state index in [-0.39, 0.29) is 17.0 Å². The van der Waals surface area contributed by atoms with Gasteiger partial charge in [0.15, 0.2) is 0 Å². The van der Waals surface area contributed by atoms with E-state index in [1.165, 1.54) is 11.3 Å². The Balaban J connectivity index is 0.00000100. The van der Waals surface area contributed by atoms with Gasteiger partial charge in [0.05, 0.1) is 12.2 Å². The van der Waals surface area contributed by atoms with Gasteiger partial charge in [0.25, 0.3) is 0 Å². The number of carbonyl (C=O) groups excluding carboxylic acids is 1. The van der Waals surface area contributed by atoms with Gasteiger partial charge in [-0.25, -0.2) is 5.01 Å². The first-order valence-electron chi connectivity index (χ1n) is 12.8. The number of benzene rings is 1. The van der Waals surface area contributed by atoms with E-state index < -0.39 is 0 Å². The lowest BCUT2D eigenvalue weighted by atomic mass is 9.87. The minimum absolute atomic E-state index is 0.00342. The third kappa shape index (κ3) is 7.97. The molecule has 3 rings (SSSR count). The Labute approximate surface area is 213 Å². The van der Waals surface area contributed by atoms with Crippen LogP contribution in [0.1, 0.15) is 61.3 Å². The predicted octanol–water partition coefficient (Wildman–Crippen LogP) is 5.08. The van der Waals surface area contributed by atoms with E-state index in [2.05, 4.69) is 84.1 Å².